The first-order valence-corrected chi connectivity index (χ1v) is 10.6. The first-order chi connectivity index (χ1) is 13.3. The number of hydrogen-bond donors (Lipinski definition) is 0. The van der Waals surface area contributed by atoms with Crippen LogP contribution in [0.15, 0.2) is 47.1 Å². The molecule has 27 heavy (non-hydrogen) atoms. The van der Waals surface area contributed by atoms with Crippen LogP contribution in [-0.4, -0.2) is 62.9 Å². The van der Waals surface area contributed by atoms with E-state index in [0.29, 0.717) is 17.5 Å². The fraction of sp³-hybridized carbons (Fsp3) is 0.353. The summed E-state index contributed by atoms with van der Waals surface area (Å²) in [5.74, 6) is 1.57. The summed E-state index contributed by atoms with van der Waals surface area (Å²) in [4.78, 5) is 21.2. The number of H-pyrrole nitrogens is 1. The molecule has 10 heteroatoms. The van der Waals surface area contributed by atoms with Gasteiger partial charge in [-0.2, -0.15) is 0 Å². The number of aromatic nitrogens is 5. The molecule has 3 aromatic rings. The molecule has 0 unspecified atom stereocenters. The van der Waals surface area contributed by atoms with E-state index in [1.54, 1.807) is 16.0 Å². The van der Waals surface area contributed by atoms with Crippen LogP contribution < -0.4 is 9.88 Å². The van der Waals surface area contributed by atoms with Gasteiger partial charge in [-0.15, -0.1) is 16.4 Å². The summed E-state index contributed by atoms with van der Waals surface area (Å²) >= 11 is 3.06. The van der Waals surface area contributed by atoms with Crippen molar-refractivity contribution in [3.63, 3.8) is 0 Å². The van der Waals surface area contributed by atoms with Crippen molar-refractivity contribution in [2.45, 2.75) is 11.7 Å². The number of piperazine rings is 1. The number of anilines is 1. The van der Waals surface area contributed by atoms with Crippen molar-refractivity contribution in [2.75, 3.05) is 36.8 Å². The predicted molar refractivity (Wildman–Crippen MR) is 104 cm³/mol. The third kappa shape index (κ3) is 4.45. The number of amides is 1. The maximum absolute atomic E-state index is 12.6. The quantitative estimate of drug-likeness (QED) is 0.573. The van der Waals surface area contributed by atoms with Gasteiger partial charge in [0.25, 0.3) is 5.82 Å². The van der Waals surface area contributed by atoms with Crippen LogP contribution in [0.4, 0.5) is 5.82 Å². The van der Waals surface area contributed by atoms with Crippen LogP contribution in [0.3, 0.4) is 0 Å². The van der Waals surface area contributed by atoms with Gasteiger partial charge in [0.1, 0.15) is 13.1 Å². The third-order valence-corrected chi connectivity index (χ3v) is 6.18. The molecule has 0 radical (unpaired) electrons. The molecule has 140 valence electrons. The Kier molecular flexibility index (Phi) is 5.64. The van der Waals surface area contributed by atoms with Crippen LogP contribution in [0.1, 0.15) is 4.88 Å². The number of carbonyl (C=O) groups excluding carboxylic acids is 1. The van der Waals surface area contributed by atoms with E-state index in [1.807, 2.05) is 34.7 Å². The number of hydrogen-bond acceptors (Lipinski definition) is 7. The fourth-order valence-electron chi connectivity index (χ4n) is 2.94. The fourth-order valence-corrected chi connectivity index (χ4v) is 4.41. The lowest BCUT2D eigenvalue weighted by Crippen LogP contribution is -2.50. The first-order valence-electron chi connectivity index (χ1n) is 8.70. The molecular weight excluding hydrogens is 382 g/mol. The topological polar surface area (TPSA) is 81.3 Å². The highest BCUT2D eigenvalue weighted by atomic mass is 32.2. The SMILES string of the molecule is O=C(CSc1nnnn1Cc1cccs1)N1CCN(c2cccc[nH+]2)CC1. The normalized spacial score (nSPS) is 14.5. The smallest absolute Gasteiger partial charge is 0.274 e. The molecule has 0 atom stereocenters. The molecule has 1 aliphatic heterocycles. The molecule has 1 saturated heterocycles. The van der Waals surface area contributed by atoms with E-state index in [-0.39, 0.29) is 5.91 Å². The lowest BCUT2D eigenvalue weighted by molar-refractivity contribution is -0.364. The Bertz CT molecular complexity index is 861. The van der Waals surface area contributed by atoms with E-state index in [1.165, 1.54) is 16.6 Å². The van der Waals surface area contributed by atoms with Crippen molar-refractivity contribution in [1.29, 1.82) is 0 Å². The average molecular weight is 403 g/mol. The van der Waals surface area contributed by atoms with Gasteiger partial charge in [-0.1, -0.05) is 23.9 Å². The van der Waals surface area contributed by atoms with E-state index in [9.17, 15) is 4.79 Å². The van der Waals surface area contributed by atoms with Crippen molar-refractivity contribution in [3.8, 4) is 0 Å². The predicted octanol–water partition coefficient (Wildman–Crippen LogP) is 1.04. The van der Waals surface area contributed by atoms with Gasteiger partial charge < -0.3 is 4.90 Å². The van der Waals surface area contributed by atoms with Crippen molar-refractivity contribution in [1.82, 2.24) is 25.1 Å². The summed E-state index contributed by atoms with van der Waals surface area (Å²) < 4.78 is 1.74. The minimum absolute atomic E-state index is 0.127. The lowest BCUT2D eigenvalue weighted by Gasteiger charge is -2.30. The number of nitrogens with zero attached hydrogens (tertiary/aromatic N) is 6. The van der Waals surface area contributed by atoms with E-state index in [4.69, 9.17) is 0 Å². The number of aromatic amines is 1. The van der Waals surface area contributed by atoms with Crippen LogP contribution >= 0.6 is 23.1 Å². The maximum Gasteiger partial charge on any atom is 0.274 e. The molecule has 1 N–H and O–H groups in total. The highest BCUT2D eigenvalue weighted by Gasteiger charge is 2.26. The zero-order valence-corrected chi connectivity index (χ0v) is 16.3. The molecule has 0 bridgehead atoms. The minimum Gasteiger partial charge on any atom is -0.334 e. The van der Waals surface area contributed by atoms with Gasteiger partial charge in [-0.3, -0.25) is 9.69 Å². The van der Waals surface area contributed by atoms with Gasteiger partial charge in [0.05, 0.1) is 31.6 Å². The monoisotopic (exact) mass is 402 g/mol. The van der Waals surface area contributed by atoms with Crippen molar-refractivity contribution >= 4 is 34.8 Å². The molecule has 4 rings (SSSR count). The van der Waals surface area contributed by atoms with E-state index >= 15 is 0 Å². The molecule has 0 spiro atoms. The Balaban J connectivity index is 1.28. The van der Waals surface area contributed by atoms with Gasteiger partial charge in [-0.05, 0) is 27.9 Å². The molecule has 1 amide bonds. The van der Waals surface area contributed by atoms with E-state index < -0.39 is 0 Å². The molecule has 1 aliphatic rings. The van der Waals surface area contributed by atoms with Crippen LogP contribution in [0, 0.1) is 0 Å². The Labute approximate surface area is 165 Å². The molecule has 0 aromatic carbocycles. The Morgan fingerprint density at radius 3 is 2.81 bits per heavy atom. The lowest BCUT2D eigenvalue weighted by atomic mass is 10.3. The Morgan fingerprint density at radius 1 is 1.19 bits per heavy atom. The highest BCUT2D eigenvalue weighted by Crippen LogP contribution is 2.18. The first kappa shape index (κ1) is 17.9. The largest absolute Gasteiger partial charge is 0.334 e. The van der Waals surface area contributed by atoms with Crippen molar-refractivity contribution < 1.29 is 9.78 Å². The molecular formula is C17H20N7OS2+. The van der Waals surface area contributed by atoms with Crippen LogP contribution in [0.2, 0.25) is 0 Å². The second-order valence-electron chi connectivity index (χ2n) is 6.10. The van der Waals surface area contributed by atoms with Crippen LogP contribution in [-0.2, 0) is 11.3 Å². The molecule has 0 saturated carbocycles. The van der Waals surface area contributed by atoms with Crippen molar-refractivity contribution in [2.24, 2.45) is 0 Å². The van der Waals surface area contributed by atoms with Gasteiger partial charge in [0.2, 0.25) is 11.1 Å². The van der Waals surface area contributed by atoms with Crippen LogP contribution in [0.5, 0.6) is 0 Å². The molecule has 8 nitrogen and oxygen atoms in total. The summed E-state index contributed by atoms with van der Waals surface area (Å²) in [5.41, 5.74) is 0. The summed E-state index contributed by atoms with van der Waals surface area (Å²) in [6.07, 6.45) is 1.92. The van der Waals surface area contributed by atoms with Gasteiger partial charge in [0, 0.05) is 10.9 Å². The summed E-state index contributed by atoms with van der Waals surface area (Å²) in [7, 11) is 0. The average Bonchev–Trinajstić information content (AvgIpc) is 3.39. The number of pyridine rings is 1. The van der Waals surface area contributed by atoms with Gasteiger partial charge in [-0.25, -0.2) is 9.67 Å². The number of rotatable bonds is 6. The number of tetrazole rings is 1. The third-order valence-electron chi connectivity index (χ3n) is 4.38. The number of carbonyl (C=O) groups is 1. The number of nitrogens with one attached hydrogen (secondary N) is 1. The Morgan fingerprint density at radius 2 is 2.07 bits per heavy atom. The van der Waals surface area contributed by atoms with Crippen molar-refractivity contribution in [3.05, 3.63) is 46.8 Å². The zero-order valence-electron chi connectivity index (χ0n) is 14.7. The molecule has 1 fully saturated rings. The number of thiophene rings is 1. The second kappa shape index (κ2) is 8.49. The second-order valence-corrected chi connectivity index (χ2v) is 8.08. The Hall–Kier alpha value is -2.46. The van der Waals surface area contributed by atoms with Gasteiger partial charge in [0.15, 0.2) is 0 Å². The number of thioether (sulfide) groups is 1. The maximum atomic E-state index is 12.6. The molecule has 0 aliphatic carbocycles. The molecule has 3 aromatic heterocycles. The van der Waals surface area contributed by atoms with Crippen LogP contribution in [0.25, 0.3) is 0 Å². The summed E-state index contributed by atoms with van der Waals surface area (Å²) in [6, 6.07) is 10.1. The zero-order chi connectivity index (χ0) is 18.5. The highest BCUT2D eigenvalue weighted by molar-refractivity contribution is 7.99. The minimum atomic E-state index is 0.127. The van der Waals surface area contributed by atoms with E-state index in [2.05, 4.69) is 37.5 Å². The standard InChI is InChI=1S/C17H19N7OS2/c25-16(23-9-7-22(8-10-23)15-5-1-2-6-18-15)13-27-17-19-20-21-24(17)12-14-4-3-11-26-14/h1-6,11H,7-10,12-13H2/p+1. The summed E-state index contributed by atoms with van der Waals surface area (Å²) in [5, 5.41) is 14.5. The van der Waals surface area contributed by atoms with E-state index in [0.717, 1.165) is 32.0 Å². The molecule has 4 heterocycles. The summed E-state index contributed by atoms with van der Waals surface area (Å²) in [6.45, 7) is 3.73. The van der Waals surface area contributed by atoms with Gasteiger partial charge >= 0.3 is 0 Å².